The molecule has 250 valence electrons. The van der Waals surface area contributed by atoms with Gasteiger partial charge >= 0.3 is 0 Å². The minimum Gasteiger partial charge on any atom is -0.483 e. The molecule has 7 heteroatoms. The lowest BCUT2D eigenvalue weighted by molar-refractivity contribution is -0.120. The summed E-state index contributed by atoms with van der Waals surface area (Å²) in [5.41, 5.74) is 7.46. The number of rotatable bonds is 8. The lowest BCUT2D eigenvalue weighted by Crippen LogP contribution is -2.45. The highest BCUT2D eigenvalue weighted by molar-refractivity contribution is 6.30. The van der Waals surface area contributed by atoms with E-state index in [1.54, 1.807) is 18.2 Å². The molecule has 3 aromatic rings. The molecule has 0 bridgehead atoms. The summed E-state index contributed by atoms with van der Waals surface area (Å²) >= 11 is 6.65. The van der Waals surface area contributed by atoms with Crippen molar-refractivity contribution in [1.82, 2.24) is 4.90 Å². The minimum atomic E-state index is -0.633. The SMILES string of the molecule is Cc1cccc(NC(=O)COc2ccc(Cl)cc2C2C3=C(CC(C)(C)CC3=O)N(CCc3ccccc3)C3=C2C(=O)CC(C)(C)C3)c1C. The van der Waals surface area contributed by atoms with Gasteiger partial charge in [0.1, 0.15) is 5.75 Å². The fourth-order valence-corrected chi connectivity index (χ4v) is 7.79. The summed E-state index contributed by atoms with van der Waals surface area (Å²) in [6.07, 6.45) is 2.96. The molecule has 0 unspecified atom stereocenters. The van der Waals surface area contributed by atoms with E-state index in [2.05, 4.69) is 50.0 Å². The molecule has 0 saturated heterocycles. The van der Waals surface area contributed by atoms with Crippen LogP contribution >= 0.6 is 11.6 Å². The zero-order valence-corrected chi connectivity index (χ0v) is 29.6. The van der Waals surface area contributed by atoms with Crippen molar-refractivity contribution in [3.05, 3.63) is 117 Å². The van der Waals surface area contributed by atoms with Gasteiger partial charge in [-0.05, 0) is 84.9 Å². The Hall–Kier alpha value is -4.16. The number of benzene rings is 3. The van der Waals surface area contributed by atoms with E-state index in [4.69, 9.17) is 16.3 Å². The number of ether oxygens (including phenoxy) is 1. The Morgan fingerprint density at radius 2 is 1.48 bits per heavy atom. The lowest BCUT2D eigenvalue weighted by atomic mass is 9.63. The van der Waals surface area contributed by atoms with Crippen molar-refractivity contribution >= 4 is 34.8 Å². The summed E-state index contributed by atoms with van der Waals surface area (Å²) in [5.74, 6) is -0.415. The van der Waals surface area contributed by atoms with Crippen LogP contribution in [0.3, 0.4) is 0 Å². The number of amides is 1. The molecule has 1 N–H and O–H groups in total. The highest BCUT2D eigenvalue weighted by atomic mass is 35.5. The zero-order valence-electron chi connectivity index (χ0n) is 28.8. The number of allylic oxidation sites excluding steroid dienone is 4. The molecule has 1 aliphatic heterocycles. The summed E-state index contributed by atoms with van der Waals surface area (Å²) in [6, 6.07) is 21.4. The number of carbonyl (C=O) groups excluding carboxylic acids is 3. The van der Waals surface area contributed by atoms with Crippen LogP contribution in [0.15, 0.2) is 89.3 Å². The predicted molar refractivity (Wildman–Crippen MR) is 191 cm³/mol. The second-order valence-corrected chi connectivity index (χ2v) is 15.6. The summed E-state index contributed by atoms with van der Waals surface area (Å²) in [5, 5.41) is 3.44. The maximum absolute atomic E-state index is 14.3. The molecule has 0 aromatic heterocycles. The van der Waals surface area contributed by atoms with Crippen molar-refractivity contribution in [3.63, 3.8) is 0 Å². The third kappa shape index (κ3) is 6.86. The number of hydrogen-bond donors (Lipinski definition) is 1. The standard InChI is InChI=1S/C41H45ClN2O4/c1-25-11-10-14-30(26(25)2)43-36(47)24-48-35-16-15-28(42)19-29(35)37-38-31(20-40(3,4)22-33(38)45)44(18-17-27-12-8-7-9-13-27)32-21-41(5,6)23-34(46)39(32)37/h7-16,19,37H,17-18,20-24H2,1-6H3,(H,43,47). The number of Topliss-reactive ketones (excluding diaryl/α,β-unsaturated/α-hetero) is 2. The van der Waals surface area contributed by atoms with Gasteiger partial charge in [-0.2, -0.15) is 0 Å². The van der Waals surface area contributed by atoms with Gasteiger partial charge in [-0.15, -0.1) is 0 Å². The first-order valence-electron chi connectivity index (χ1n) is 16.9. The van der Waals surface area contributed by atoms with E-state index in [1.165, 1.54) is 5.56 Å². The maximum atomic E-state index is 14.3. The van der Waals surface area contributed by atoms with Crippen LogP contribution in [0.25, 0.3) is 0 Å². The number of aryl methyl sites for hydroxylation is 1. The molecule has 3 aliphatic rings. The van der Waals surface area contributed by atoms with Crippen molar-refractivity contribution in [1.29, 1.82) is 0 Å². The van der Waals surface area contributed by atoms with Crippen molar-refractivity contribution in [2.45, 2.75) is 79.6 Å². The fraction of sp³-hybridized carbons (Fsp3) is 0.390. The average Bonchev–Trinajstić information content (AvgIpc) is 3.00. The van der Waals surface area contributed by atoms with Crippen LogP contribution in [0.4, 0.5) is 5.69 Å². The molecule has 1 heterocycles. The van der Waals surface area contributed by atoms with E-state index < -0.39 is 5.92 Å². The quantitative estimate of drug-likeness (QED) is 0.260. The van der Waals surface area contributed by atoms with Gasteiger partial charge in [0.15, 0.2) is 18.2 Å². The minimum absolute atomic E-state index is 0.0405. The van der Waals surface area contributed by atoms with Crippen LogP contribution in [0.2, 0.25) is 5.02 Å². The van der Waals surface area contributed by atoms with Gasteiger partial charge < -0.3 is 15.0 Å². The number of hydrogen-bond acceptors (Lipinski definition) is 5. The molecule has 3 aromatic carbocycles. The van der Waals surface area contributed by atoms with Gasteiger partial charge in [-0.1, -0.05) is 81.8 Å². The Balaban J connectivity index is 1.44. The van der Waals surface area contributed by atoms with Crippen molar-refractivity contribution in [3.8, 4) is 5.75 Å². The van der Waals surface area contributed by atoms with Crippen molar-refractivity contribution < 1.29 is 19.1 Å². The largest absolute Gasteiger partial charge is 0.483 e. The Labute approximate surface area is 289 Å². The molecule has 6 nitrogen and oxygen atoms in total. The molecule has 0 saturated carbocycles. The van der Waals surface area contributed by atoms with Crippen molar-refractivity contribution in [2.75, 3.05) is 18.5 Å². The van der Waals surface area contributed by atoms with E-state index in [0.29, 0.717) is 59.7 Å². The molecule has 0 radical (unpaired) electrons. The van der Waals surface area contributed by atoms with Gasteiger partial charge in [-0.25, -0.2) is 0 Å². The van der Waals surface area contributed by atoms with E-state index in [-0.39, 0.29) is 34.9 Å². The van der Waals surface area contributed by atoms with Crippen molar-refractivity contribution in [2.24, 2.45) is 10.8 Å². The molecule has 1 amide bonds. The number of nitrogens with zero attached hydrogens (tertiary/aromatic N) is 1. The molecule has 48 heavy (non-hydrogen) atoms. The summed E-state index contributed by atoms with van der Waals surface area (Å²) < 4.78 is 6.24. The second-order valence-electron chi connectivity index (χ2n) is 15.2. The van der Waals surface area contributed by atoms with Crippen LogP contribution in [-0.2, 0) is 20.8 Å². The molecule has 2 aliphatic carbocycles. The highest BCUT2D eigenvalue weighted by Crippen LogP contribution is 2.55. The normalized spacial score (nSPS) is 18.9. The topological polar surface area (TPSA) is 75.7 Å². The molecule has 6 rings (SSSR count). The number of ketones is 2. The number of halogens is 1. The monoisotopic (exact) mass is 664 g/mol. The van der Waals surface area contributed by atoms with E-state index in [9.17, 15) is 14.4 Å². The third-order valence-electron chi connectivity index (χ3n) is 10.0. The van der Waals surface area contributed by atoms with E-state index >= 15 is 0 Å². The van der Waals surface area contributed by atoms with Gasteiger partial charge in [0.25, 0.3) is 5.91 Å². The number of nitrogens with one attached hydrogen (secondary N) is 1. The van der Waals surface area contributed by atoms with Gasteiger partial charge in [0.2, 0.25) is 0 Å². The van der Waals surface area contributed by atoms with Crippen LogP contribution in [0, 0.1) is 24.7 Å². The first kappa shape index (κ1) is 33.7. The first-order valence-corrected chi connectivity index (χ1v) is 17.2. The Morgan fingerprint density at radius 1 is 0.854 bits per heavy atom. The van der Waals surface area contributed by atoms with Crippen LogP contribution < -0.4 is 10.1 Å². The first-order chi connectivity index (χ1) is 22.7. The number of carbonyl (C=O) groups is 3. The summed E-state index contributed by atoms with van der Waals surface area (Å²) in [6.45, 7) is 13.0. The smallest absolute Gasteiger partial charge is 0.262 e. The predicted octanol–water partition coefficient (Wildman–Crippen LogP) is 8.90. The number of anilines is 1. The van der Waals surface area contributed by atoms with Gasteiger partial charge in [0.05, 0.1) is 0 Å². The maximum Gasteiger partial charge on any atom is 0.262 e. The fourth-order valence-electron chi connectivity index (χ4n) is 7.61. The average molecular weight is 665 g/mol. The Kier molecular flexibility index (Phi) is 9.16. The summed E-state index contributed by atoms with van der Waals surface area (Å²) in [7, 11) is 0. The van der Waals surface area contributed by atoms with Crippen LogP contribution in [0.1, 0.15) is 81.5 Å². The second kappa shape index (κ2) is 13.0. The third-order valence-corrected chi connectivity index (χ3v) is 10.2. The molecule has 0 atom stereocenters. The van der Waals surface area contributed by atoms with Crippen LogP contribution in [0.5, 0.6) is 5.75 Å². The molecule has 0 fully saturated rings. The van der Waals surface area contributed by atoms with Crippen LogP contribution in [-0.4, -0.2) is 35.5 Å². The van der Waals surface area contributed by atoms with E-state index in [0.717, 1.165) is 34.6 Å². The molecular formula is C41H45ClN2O4. The van der Waals surface area contributed by atoms with E-state index in [1.807, 2.05) is 50.2 Å². The lowest BCUT2D eigenvalue weighted by Gasteiger charge is -2.49. The summed E-state index contributed by atoms with van der Waals surface area (Å²) in [4.78, 5) is 44.1. The zero-order chi connectivity index (χ0) is 34.4. The Bertz CT molecular complexity index is 1800. The highest BCUT2D eigenvalue weighted by Gasteiger charge is 2.49. The molecule has 0 spiro atoms. The van der Waals surface area contributed by atoms with Gasteiger partial charge in [0, 0.05) is 64.1 Å². The Morgan fingerprint density at radius 3 is 2.10 bits per heavy atom. The van der Waals surface area contributed by atoms with Gasteiger partial charge in [-0.3, -0.25) is 14.4 Å². The molecular weight excluding hydrogens is 620 g/mol.